The van der Waals surface area contributed by atoms with Crippen LogP contribution < -0.4 is 0 Å². The van der Waals surface area contributed by atoms with Crippen molar-refractivity contribution in [2.24, 2.45) is 28.6 Å². The molecular weight excluding hydrogens is 378 g/mol. The fourth-order valence-electron chi connectivity index (χ4n) is 5.39. The van der Waals surface area contributed by atoms with Gasteiger partial charge in [-0.15, -0.1) is 0 Å². The molecule has 0 unspecified atom stereocenters. The highest BCUT2D eigenvalue weighted by Gasteiger charge is 2.55. The van der Waals surface area contributed by atoms with Gasteiger partial charge in [0.2, 0.25) is 0 Å². The van der Waals surface area contributed by atoms with Gasteiger partial charge in [0.1, 0.15) is 0 Å². The molecule has 4 nitrogen and oxygen atoms in total. The second kappa shape index (κ2) is 9.30. The van der Waals surface area contributed by atoms with Gasteiger partial charge >= 0.3 is 11.9 Å². The van der Waals surface area contributed by atoms with Crippen LogP contribution >= 0.6 is 0 Å². The van der Waals surface area contributed by atoms with Crippen LogP contribution in [0.25, 0.3) is 0 Å². The monoisotopic (exact) mass is 418 g/mol. The average Bonchev–Trinajstić information content (AvgIpc) is 2.58. The Morgan fingerprint density at radius 1 is 0.966 bits per heavy atom. The van der Waals surface area contributed by atoms with Gasteiger partial charge in [-0.25, -0.2) is 8.78 Å². The molecule has 0 amide bonds. The van der Waals surface area contributed by atoms with E-state index in [1.165, 1.54) is 19.3 Å². The summed E-state index contributed by atoms with van der Waals surface area (Å²) in [5.41, 5.74) is -1.21. The standard InChI is InChI=1S/C21H32F2O4.2CH4/c1-4-19(2,3)17(24)26-6-5-21(22,23)13-27-18(25)20-10-14-7-15(11-20)9-16(8-14)12-20;;/h14-16H,4-13H2,1-3H3;2*1H4. The Morgan fingerprint density at radius 3 is 1.90 bits per heavy atom. The summed E-state index contributed by atoms with van der Waals surface area (Å²) in [4.78, 5) is 24.5. The minimum atomic E-state index is -3.19. The first-order chi connectivity index (χ1) is 12.6. The highest BCUT2D eigenvalue weighted by Crippen LogP contribution is 2.60. The summed E-state index contributed by atoms with van der Waals surface area (Å²) in [5.74, 6) is -2.42. The van der Waals surface area contributed by atoms with Crippen LogP contribution in [0, 0.1) is 28.6 Å². The number of alkyl halides is 2. The SMILES string of the molecule is C.C.CCC(C)(C)C(=O)OCCC(F)(F)COC(=O)C12CC3CC(CC(C3)C1)C2. The zero-order valence-corrected chi connectivity index (χ0v) is 16.7. The van der Waals surface area contributed by atoms with Gasteiger partial charge in [-0.05, 0) is 76.5 Å². The number of esters is 2. The lowest BCUT2D eigenvalue weighted by Gasteiger charge is -2.55. The summed E-state index contributed by atoms with van der Waals surface area (Å²) in [7, 11) is 0. The van der Waals surface area contributed by atoms with E-state index < -0.39 is 41.7 Å². The maximum Gasteiger partial charge on any atom is 0.312 e. The third-order valence-corrected chi connectivity index (χ3v) is 7.02. The minimum absolute atomic E-state index is 0. The number of hydrogen-bond donors (Lipinski definition) is 0. The van der Waals surface area contributed by atoms with Crippen molar-refractivity contribution in [3.05, 3.63) is 0 Å². The second-order valence-corrected chi connectivity index (χ2v) is 9.75. The van der Waals surface area contributed by atoms with Crippen molar-refractivity contribution in [1.82, 2.24) is 0 Å². The van der Waals surface area contributed by atoms with Crippen molar-refractivity contribution < 1.29 is 27.8 Å². The zero-order chi connectivity index (χ0) is 19.9. The first-order valence-electron chi connectivity index (χ1n) is 10.3. The van der Waals surface area contributed by atoms with Gasteiger partial charge in [0.05, 0.1) is 17.4 Å². The lowest BCUT2D eigenvalue weighted by Crippen LogP contribution is -2.51. The van der Waals surface area contributed by atoms with Crippen molar-refractivity contribution in [3.63, 3.8) is 0 Å². The molecule has 4 aliphatic carbocycles. The van der Waals surface area contributed by atoms with Crippen LogP contribution in [0.4, 0.5) is 8.78 Å². The maximum absolute atomic E-state index is 14.1. The van der Waals surface area contributed by atoms with E-state index in [9.17, 15) is 18.4 Å². The van der Waals surface area contributed by atoms with Crippen molar-refractivity contribution in [3.8, 4) is 0 Å². The molecule has 6 heteroatoms. The largest absolute Gasteiger partial charge is 0.465 e. The molecule has 0 atom stereocenters. The van der Waals surface area contributed by atoms with Crippen molar-refractivity contribution >= 4 is 11.9 Å². The average molecular weight is 419 g/mol. The van der Waals surface area contributed by atoms with Crippen LogP contribution in [0.5, 0.6) is 0 Å². The Morgan fingerprint density at radius 2 is 1.45 bits per heavy atom. The fourth-order valence-corrected chi connectivity index (χ4v) is 5.39. The quantitative estimate of drug-likeness (QED) is 0.452. The lowest BCUT2D eigenvalue weighted by atomic mass is 9.49. The highest BCUT2D eigenvalue weighted by atomic mass is 19.3. The third kappa shape index (κ3) is 5.69. The van der Waals surface area contributed by atoms with Gasteiger partial charge in [-0.3, -0.25) is 9.59 Å². The van der Waals surface area contributed by atoms with Gasteiger partial charge in [0, 0.05) is 6.42 Å². The van der Waals surface area contributed by atoms with Gasteiger partial charge in [0.25, 0.3) is 5.92 Å². The van der Waals surface area contributed by atoms with Gasteiger partial charge in [0.15, 0.2) is 6.61 Å². The summed E-state index contributed by atoms with van der Waals surface area (Å²) in [6.07, 6.45) is 5.89. The first kappa shape index (κ1) is 25.8. The number of halogens is 2. The number of hydrogen-bond acceptors (Lipinski definition) is 4. The van der Waals surface area contributed by atoms with Gasteiger partial charge < -0.3 is 9.47 Å². The number of rotatable bonds is 8. The third-order valence-electron chi connectivity index (χ3n) is 7.02. The second-order valence-electron chi connectivity index (χ2n) is 9.75. The molecule has 0 aromatic rings. The highest BCUT2D eigenvalue weighted by molar-refractivity contribution is 5.77. The summed E-state index contributed by atoms with van der Waals surface area (Å²) in [5, 5.41) is 0. The maximum atomic E-state index is 14.1. The van der Waals surface area contributed by atoms with Crippen LogP contribution in [0.2, 0.25) is 0 Å². The smallest absolute Gasteiger partial charge is 0.312 e. The Labute approximate surface area is 175 Å². The summed E-state index contributed by atoms with van der Waals surface area (Å²) in [6, 6.07) is 0. The van der Waals surface area contributed by atoms with E-state index in [0.29, 0.717) is 24.2 Å². The number of ether oxygens (including phenoxy) is 2. The molecule has 170 valence electrons. The molecule has 0 radical (unpaired) electrons. The van der Waals surface area contributed by atoms with E-state index in [1.807, 2.05) is 6.92 Å². The summed E-state index contributed by atoms with van der Waals surface area (Å²) >= 11 is 0. The van der Waals surface area contributed by atoms with Crippen molar-refractivity contribution in [1.29, 1.82) is 0 Å². The molecule has 0 aromatic carbocycles. The molecule has 4 fully saturated rings. The van der Waals surface area contributed by atoms with Crippen LogP contribution in [-0.2, 0) is 19.1 Å². The molecule has 4 saturated carbocycles. The molecule has 4 rings (SSSR count). The molecule has 0 heterocycles. The normalized spacial score (nSPS) is 30.2. The molecule has 0 aliphatic heterocycles. The lowest BCUT2D eigenvalue weighted by molar-refractivity contribution is -0.183. The van der Waals surface area contributed by atoms with E-state index in [2.05, 4.69) is 0 Å². The van der Waals surface area contributed by atoms with E-state index in [4.69, 9.17) is 9.47 Å². The Hall–Kier alpha value is -1.20. The van der Waals surface area contributed by atoms with Gasteiger partial charge in [-0.1, -0.05) is 21.8 Å². The van der Waals surface area contributed by atoms with E-state index in [0.717, 1.165) is 19.3 Å². The van der Waals surface area contributed by atoms with E-state index in [1.54, 1.807) is 13.8 Å². The molecule has 29 heavy (non-hydrogen) atoms. The first-order valence-corrected chi connectivity index (χ1v) is 10.3. The minimum Gasteiger partial charge on any atom is -0.465 e. The molecule has 0 aromatic heterocycles. The summed E-state index contributed by atoms with van der Waals surface area (Å²) < 4.78 is 38.3. The molecule has 4 aliphatic rings. The summed E-state index contributed by atoms with van der Waals surface area (Å²) in [6.45, 7) is 3.99. The Bertz CT molecular complexity index is 550. The Balaban J connectivity index is 0.00000210. The van der Waals surface area contributed by atoms with Crippen LogP contribution in [0.15, 0.2) is 0 Å². The Kier molecular flexibility index (Phi) is 8.28. The van der Waals surface area contributed by atoms with Crippen LogP contribution in [-0.4, -0.2) is 31.1 Å². The number of carbonyl (C=O) groups is 2. The molecular formula is C23H40F2O4. The van der Waals surface area contributed by atoms with Crippen LogP contribution in [0.1, 0.15) is 87.0 Å². The van der Waals surface area contributed by atoms with E-state index in [-0.39, 0.29) is 21.5 Å². The molecule has 0 N–H and O–H groups in total. The molecule has 0 saturated heterocycles. The van der Waals surface area contributed by atoms with Crippen LogP contribution in [0.3, 0.4) is 0 Å². The molecule has 0 spiro atoms. The fraction of sp³-hybridized carbons (Fsp3) is 0.913. The van der Waals surface area contributed by atoms with Crippen molar-refractivity contribution in [2.45, 2.75) is 92.9 Å². The number of carbonyl (C=O) groups excluding carboxylic acids is 2. The topological polar surface area (TPSA) is 52.6 Å². The zero-order valence-electron chi connectivity index (χ0n) is 16.7. The molecule has 4 bridgehead atoms. The predicted octanol–water partition coefficient (Wildman–Crippen LogP) is 6.02. The predicted molar refractivity (Wildman–Crippen MR) is 110 cm³/mol. The van der Waals surface area contributed by atoms with Crippen molar-refractivity contribution in [2.75, 3.05) is 13.2 Å². The van der Waals surface area contributed by atoms with Gasteiger partial charge in [-0.2, -0.15) is 0 Å². The van der Waals surface area contributed by atoms with E-state index >= 15 is 0 Å².